The molecule has 0 aromatic rings. The van der Waals surface area contributed by atoms with Crippen molar-refractivity contribution in [3.05, 3.63) is 0 Å². The molecule has 0 amide bonds. The molecule has 0 saturated carbocycles. The quantitative estimate of drug-likeness (QED) is 0.822. The lowest BCUT2D eigenvalue weighted by molar-refractivity contribution is -0.0786. The van der Waals surface area contributed by atoms with Crippen LogP contribution in [0.2, 0.25) is 0 Å². The van der Waals surface area contributed by atoms with Crippen LogP contribution in [0.1, 0.15) is 54.4 Å². The van der Waals surface area contributed by atoms with Gasteiger partial charge in [-0.15, -0.1) is 0 Å². The van der Waals surface area contributed by atoms with Crippen molar-refractivity contribution in [1.82, 2.24) is 4.90 Å². The average molecular weight is 256 g/mol. The van der Waals surface area contributed by atoms with Gasteiger partial charge in [-0.05, 0) is 48.1 Å². The van der Waals surface area contributed by atoms with Crippen molar-refractivity contribution in [3.63, 3.8) is 0 Å². The molecule has 1 aliphatic heterocycles. The first kappa shape index (κ1) is 15.9. The summed E-state index contributed by atoms with van der Waals surface area (Å²) in [5, 5.41) is 0. The summed E-state index contributed by atoms with van der Waals surface area (Å²) in [4.78, 5) is 2.43. The van der Waals surface area contributed by atoms with E-state index in [1.54, 1.807) is 0 Å². The summed E-state index contributed by atoms with van der Waals surface area (Å²) in [7, 11) is 2.20. The standard InChI is InChI=1S/C15H32N2O/c1-8-9-11(2)17(7)10-12-13(16)15(5,6)18-14(12,3)4/h11-13H,8-10,16H2,1-7H3. The number of nitrogens with zero attached hydrogens (tertiary/aromatic N) is 1. The van der Waals surface area contributed by atoms with E-state index in [0.29, 0.717) is 12.0 Å². The molecule has 1 aliphatic rings. The average Bonchev–Trinajstić information content (AvgIpc) is 2.36. The topological polar surface area (TPSA) is 38.5 Å². The maximum absolute atomic E-state index is 6.40. The van der Waals surface area contributed by atoms with Gasteiger partial charge in [0.15, 0.2) is 0 Å². The predicted molar refractivity (Wildman–Crippen MR) is 77.7 cm³/mol. The molecule has 0 radical (unpaired) electrons. The highest BCUT2D eigenvalue weighted by Crippen LogP contribution is 2.41. The zero-order valence-corrected chi connectivity index (χ0v) is 13.3. The van der Waals surface area contributed by atoms with E-state index in [4.69, 9.17) is 10.5 Å². The Kier molecular flexibility index (Phi) is 4.85. The Morgan fingerprint density at radius 3 is 2.17 bits per heavy atom. The highest BCUT2D eigenvalue weighted by molar-refractivity contribution is 5.04. The van der Waals surface area contributed by atoms with Crippen molar-refractivity contribution in [2.75, 3.05) is 13.6 Å². The second kappa shape index (κ2) is 5.48. The van der Waals surface area contributed by atoms with Gasteiger partial charge >= 0.3 is 0 Å². The van der Waals surface area contributed by atoms with E-state index in [2.05, 4.69) is 53.5 Å². The predicted octanol–water partition coefficient (Wildman–Crippen LogP) is 2.64. The lowest BCUT2D eigenvalue weighted by Gasteiger charge is -2.34. The van der Waals surface area contributed by atoms with Gasteiger partial charge in [-0.2, -0.15) is 0 Å². The number of nitrogens with two attached hydrogens (primary N) is 1. The van der Waals surface area contributed by atoms with Gasteiger partial charge in [0.1, 0.15) is 0 Å². The van der Waals surface area contributed by atoms with Crippen molar-refractivity contribution in [3.8, 4) is 0 Å². The molecule has 3 nitrogen and oxygen atoms in total. The molecule has 3 heteroatoms. The Labute approximate surface area is 113 Å². The summed E-state index contributed by atoms with van der Waals surface area (Å²) in [5.41, 5.74) is 6.05. The van der Waals surface area contributed by atoms with Gasteiger partial charge < -0.3 is 15.4 Å². The molecule has 1 fully saturated rings. The molecule has 18 heavy (non-hydrogen) atoms. The Balaban J connectivity index is 2.71. The Bertz CT molecular complexity index is 276. The summed E-state index contributed by atoms with van der Waals surface area (Å²) < 4.78 is 6.15. The molecular weight excluding hydrogens is 224 g/mol. The summed E-state index contributed by atoms with van der Waals surface area (Å²) in [6, 6.07) is 0.713. The molecule has 1 heterocycles. The van der Waals surface area contributed by atoms with Gasteiger partial charge in [0, 0.05) is 24.5 Å². The molecule has 0 aromatic heterocycles. The van der Waals surface area contributed by atoms with Crippen molar-refractivity contribution < 1.29 is 4.74 Å². The largest absolute Gasteiger partial charge is 0.368 e. The first-order chi connectivity index (χ1) is 8.12. The highest BCUT2D eigenvalue weighted by atomic mass is 16.5. The van der Waals surface area contributed by atoms with Gasteiger partial charge in [-0.25, -0.2) is 0 Å². The third-order valence-electron chi connectivity index (χ3n) is 4.60. The Morgan fingerprint density at radius 2 is 1.78 bits per heavy atom. The van der Waals surface area contributed by atoms with E-state index in [1.165, 1.54) is 12.8 Å². The van der Waals surface area contributed by atoms with Crippen LogP contribution < -0.4 is 5.73 Å². The fraction of sp³-hybridized carbons (Fsp3) is 1.00. The van der Waals surface area contributed by atoms with Crippen LogP contribution in [-0.2, 0) is 4.74 Å². The summed E-state index contributed by atoms with van der Waals surface area (Å²) >= 11 is 0. The van der Waals surface area contributed by atoms with Gasteiger partial charge in [-0.3, -0.25) is 0 Å². The smallest absolute Gasteiger partial charge is 0.0788 e. The van der Waals surface area contributed by atoms with Crippen LogP contribution in [-0.4, -0.2) is 41.8 Å². The molecule has 3 unspecified atom stereocenters. The number of hydrogen-bond acceptors (Lipinski definition) is 3. The van der Waals surface area contributed by atoms with Crippen molar-refractivity contribution in [2.45, 2.75) is 77.7 Å². The van der Waals surface area contributed by atoms with Crippen LogP contribution in [0.5, 0.6) is 0 Å². The minimum Gasteiger partial charge on any atom is -0.368 e. The normalized spacial score (nSPS) is 31.8. The first-order valence-electron chi connectivity index (χ1n) is 7.27. The molecule has 3 atom stereocenters. The van der Waals surface area contributed by atoms with E-state index in [1.807, 2.05) is 0 Å². The Morgan fingerprint density at radius 1 is 1.22 bits per heavy atom. The van der Waals surface area contributed by atoms with E-state index in [9.17, 15) is 0 Å². The molecule has 0 aromatic carbocycles. The third-order valence-corrected chi connectivity index (χ3v) is 4.60. The third kappa shape index (κ3) is 3.25. The lowest BCUT2D eigenvalue weighted by atomic mass is 9.82. The van der Waals surface area contributed by atoms with Crippen molar-refractivity contribution >= 4 is 0 Å². The zero-order valence-electron chi connectivity index (χ0n) is 13.3. The summed E-state index contributed by atoms with van der Waals surface area (Å²) in [5.74, 6) is 0.386. The minimum absolute atomic E-state index is 0.101. The van der Waals surface area contributed by atoms with E-state index in [-0.39, 0.29) is 17.2 Å². The number of ether oxygens (including phenoxy) is 1. The molecule has 0 bridgehead atoms. The zero-order chi connectivity index (χ0) is 14.1. The second-order valence-corrected chi connectivity index (χ2v) is 7.02. The molecule has 108 valence electrons. The lowest BCUT2D eigenvalue weighted by Crippen LogP contribution is -2.48. The van der Waals surface area contributed by atoms with Gasteiger partial charge in [0.2, 0.25) is 0 Å². The molecule has 2 N–H and O–H groups in total. The fourth-order valence-electron chi connectivity index (χ4n) is 3.20. The monoisotopic (exact) mass is 256 g/mol. The van der Waals surface area contributed by atoms with Crippen LogP contribution in [0.25, 0.3) is 0 Å². The summed E-state index contributed by atoms with van der Waals surface area (Å²) in [6.07, 6.45) is 2.47. The Hall–Kier alpha value is -0.120. The first-order valence-corrected chi connectivity index (χ1v) is 7.27. The van der Waals surface area contributed by atoms with Gasteiger partial charge in [0.05, 0.1) is 11.2 Å². The van der Waals surface area contributed by atoms with Crippen LogP contribution in [0, 0.1) is 5.92 Å². The van der Waals surface area contributed by atoms with E-state index < -0.39 is 0 Å². The molecule has 0 spiro atoms. The fourth-order valence-corrected chi connectivity index (χ4v) is 3.20. The van der Waals surface area contributed by atoms with Crippen LogP contribution in [0.15, 0.2) is 0 Å². The minimum atomic E-state index is -0.219. The SMILES string of the molecule is CCCC(C)N(C)CC1C(N)C(C)(C)OC1(C)C. The highest BCUT2D eigenvalue weighted by Gasteiger charge is 2.52. The maximum Gasteiger partial charge on any atom is 0.0788 e. The van der Waals surface area contributed by atoms with E-state index >= 15 is 0 Å². The molecule has 1 rings (SSSR count). The van der Waals surface area contributed by atoms with Crippen LogP contribution in [0.4, 0.5) is 0 Å². The molecule has 1 saturated heterocycles. The van der Waals surface area contributed by atoms with E-state index in [0.717, 1.165) is 6.54 Å². The van der Waals surface area contributed by atoms with Gasteiger partial charge in [0.25, 0.3) is 0 Å². The molecular formula is C15H32N2O. The second-order valence-electron chi connectivity index (χ2n) is 7.02. The summed E-state index contributed by atoms with van der Waals surface area (Å²) in [6.45, 7) is 14.1. The van der Waals surface area contributed by atoms with Gasteiger partial charge in [-0.1, -0.05) is 13.3 Å². The van der Waals surface area contributed by atoms with Crippen molar-refractivity contribution in [1.29, 1.82) is 0 Å². The van der Waals surface area contributed by atoms with Crippen molar-refractivity contribution in [2.24, 2.45) is 11.7 Å². The molecule has 0 aliphatic carbocycles. The number of hydrogen-bond donors (Lipinski definition) is 1. The maximum atomic E-state index is 6.40. The number of rotatable bonds is 5. The van der Waals surface area contributed by atoms with Crippen LogP contribution in [0.3, 0.4) is 0 Å². The van der Waals surface area contributed by atoms with Crippen LogP contribution >= 0.6 is 0 Å².